The van der Waals surface area contributed by atoms with Crippen LogP contribution in [0.25, 0.3) is 0 Å². The summed E-state index contributed by atoms with van der Waals surface area (Å²) in [6.07, 6.45) is 20.3. The fourth-order valence-electron chi connectivity index (χ4n) is 11.3. The first kappa shape index (κ1) is 32.0. The second-order valence-electron chi connectivity index (χ2n) is 14.4. The topological polar surface area (TPSA) is 0 Å². The molecule has 0 radical (unpaired) electrons. The highest BCUT2D eigenvalue weighted by Crippen LogP contribution is 2.75. The predicted molar refractivity (Wildman–Crippen MR) is 163 cm³/mol. The van der Waals surface area contributed by atoms with Crippen LogP contribution in [0.4, 0.5) is 0 Å². The van der Waals surface area contributed by atoms with Gasteiger partial charge in [0, 0.05) is 0 Å². The van der Waals surface area contributed by atoms with E-state index in [1.165, 1.54) is 77.0 Å². The van der Waals surface area contributed by atoms with Crippen molar-refractivity contribution in [2.24, 2.45) is 57.2 Å². The highest BCUT2D eigenvalue weighted by atomic mass is 14.7. The van der Waals surface area contributed by atoms with E-state index in [1.54, 1.807) is 5.57 Å². The van der Waals surface area contributed by atoms with Gasteiger partial charge in [0.25, 0.3) is 0 Å². The minimum atomic E-state index is 0. The Hall–Kier alpha value is -0.260. The Labute approximate surface area is 229 Å². The van der Waals surface area contributed by atoms with Crippen LogP contribution in [0.15, 0.2) is 11.6 Å². The van der Waals surface area contributed by atoms with E-state index in [2.05, 4.69) is 54.5 Å². The predicted octanol–water partition coefficient (Wildman–Crippen LogP) is 12.1. The van der Waals surface area contributed by atoms with Gasteiger partial charge in [0.15, 0.2) is 0 Å². The van der Waals surface area contributed by atoms with Crippen LogP contribution < -0.4 is 0 Å². The highest BCUT2D eigenvalue weighted by molar-refractivity contribution is 5.20. The van der Waals surface area contributed by atoms with Crippen LogP contribution in [0.2, 0.25) is 0 Å². The Bertz CT molecular complexity index is 732. The van der Waals surface area contributed by atoms with Gasteiger partial charge in [-0.2, -0.15) is 0 Å². The maximum absolute atomic E-state index is 2.81. The molecule has 0 aromatic rings. The Morgan fingerprint density at radius 1 is 0.778 bits per heavy atom. The molecule has 10 atom stereocenters. The molecule has 0 N–H and O–H groups in total. The standard InChI is InChI=1S/C31H52.2C2H6.CH4/c1-8-9-23-13-16-29(5)24(22(23)3)14-17-31(7)27(29)11-10-25-26-20-21(2)12-15-28(26,4)18-19-30(25,31)6;2*1-2;/h12,22-27H,8-11,13-20H2,1-7H3;2*1-2H3;1H4/t22?,23?,24?,25?,26?,27?,28?,29?,30-,31?;;;/m1.../s1. The molecule has 0 heteroatoms. The molecule has 5 rings (SSSR count). The van der Waals surface area contributed by atoms with Crippen LogP contribution in [-0.4, -0.2) is 0 Å². The van der Waals surface area contributed by atoms with E-state index in [1.807, 2.05) is 27.7 Å². The molecule has 0 aromatic heterocycles. The third kappa shape index (κ3) is 4.70. The Morgan fingerprint density at radius 2 is 1.44 bits per heavy atom. The van der Waals surface area contributed by atoms with E-state index in [9.17, 15) is 0 Å². The summed E-state index contributed by atoms with van der Waals surface area (Å²) in [6, 6.07) is 0. The van der Waals surface area contributed by atoms with Crippen molar-refractivity contribution in [2.45, 2.75) is 161 Å². The number of rotatable bonds is 2. The van der Waals surface area contributed by atoms with Gasteiger partial charge in [0.05, 0.1) is 0 Å². The average molecular weight is 501 g/mol. The lowest BCUT2D eigenvalue weighted by Gasteiger charge is -2.72. The van der Waals surface area contributed by atoms with Gasteiger partial charge >= 0.3 is 0 Å². The van der Waals surface area contributed by atoms with Gasteiger partial charge in [-0.3, -0.25) is 0 Å². The molecule has 0 saturated heterocycles. The molecule has 4 fully saturated rings. The molecule has 212 valence electrons. The van der Waals surface area contributed by atoms with E-state index >= 15 is 0 Å². The zero-order valence-corrected chi connectivity index (χ0v) is 26.0. The first-order valence-corrected chi connectivity index (χ1v) is 16.2. The number of fused-ring (bicyclic) bond motifs is 7. The van der Waals surface area contributed by atoms with Gasteiger partial charge < -0.3 is 0 Å². The molecule has 5 aliphatic carbocycles. The van der Waals surface area contributed by atoms with Crippen LogP contribution in [0.5, 0.6) is 0 Å². The second kappa shape index (κ2) is 11.9. The summed E-state index contributed by atoms with van der Waals surface area (Å²) in [5.41, 5.74) is 4.01. The third-order valence-corrected chi connectivity index (χ3v) is 13.4. The highest BCUT2D eigenvalue weighted by Gasteiger charge is 2.67. The molecule has 0 heterocycles. The number of hydrogen-bond donors (Lipinski definition) is 0. The number of allylic oxidation sites excluding steroid dienone is 2. The third-order valence-electron chi connectivity index (χ3n) is 13.4. The minimum Gasteiger partial charge on any atom is -0.0850 e. The molecule has 9 unspecified atom stereocenters. The van der Waals surface area contributed by atoms with Crippen molar-refractivity contribution in [1.29, 1.82) is 0 Å². The van der Waals surface area contributed by atoms with Crippen molar-refractivity contribution in [1.82, 2.24) is 0 Å². The molecule has 0 bridgehead atoms. The Kier molecular flexibility index (Phi) is 10.5. The van der Waals surface area contributed by atoms with Gasteiger partial charge in [-0.1, -0.05) is 101 Å². The Morgan fingerprint density at radius 3 is 2.08 bits per heavy atom. The lowest BCUT2D eigenvalue weighted by molar-refractivity contribution is -0.232. The summed E-state index contributed by atoms with van der Waals surface area (Å²) in [5, 5.41) is 0. The average Bonchev–Trinajstić information content (AvgIpc) is 2.85. The van der Waals surface area contributed by atoms with Crippen molar-refractivity contribution in [2.75, 3.05) is 0 Å². The molecule has 0 amide bonds. The van der Waals surface area contributed by atoms with Crippen LogP contribution in [-0.2, 0) is 0 Å². The van der Waals surface area contributed by atoms with Gasteiger partial charge in [0.2, 0.25) is 0 Å². The quantitative estimate of drug-likeness (QED) is 0.331. The molecule has 0 spiro atoms. The summed E-state index contributed by atoms with van der Waals surface area (Å²) in [4.78, 5) is 0. The van der Waals surface area contributed by atoms with E-state index in [0.717, 1.165) is 35.5 Å². The first-order valence-electron chi connectivity index (χ1n) is 16.2. The van der Waals surface area contributed by atoms with Gasteiger partial charge in [-0.05, 0) is 128 Å². The summed E-state index contributed by atoms with van der Waals surface area (Å²) < 4.78 is 0. The minimum absolute atomic E-state index is 0. The zero-order chi connectivity index (χ0) is 26.2. The van der Waals surface area contributed by atoms with Gasteiger partial charge in [-0.15, -0.1) is 0 Å². The lowest BCUT2D eigenvalue weighted by Crippen LogP contribution is -2.65. The normalized spacial score (nSPS) is 49.0. The summed E-state index contributed by atoms with van der Waals surface area (Å²) in [5.74, 6) is 5.82. The van der Waals surface area contributed by atoms with Crippen molar-refractivity contribution in [3.63, 3.8) is 0 Å². The van der Waals surface area contributed by atoms with E-state index in [4.69, 9.17) is 0 Å². The molecule has 36 heavy (non-hydrogen) atoms. The van der Waals surface area contributed by atoms with Crippen LogP contribution in [0.3, 0.4) is 0 Å². The van der Waals surface area contributed by atoms with Crippen molar-refractivity contribution in [3.8, 4) is 0 Å². The zero-order valence-electron chi connectivity index (χ0n) is 26.0. The van der Waals surface area contributed by atoms with E-state index in [0.29, 0.717) is 21.7 Å². The molecule has 0 aliphatic heterocycles. The van der Waals surface area contributed by atoms with E-state index in [-0.39, 0.29) is 7.43 Å². The first-order chi connectivity index (χ1) is 16.6. The van der Waals surface area contributed by atoms with Crippen molar-refractivity contribution < 1.29 is 0 Å². The smallest absolute Gasteiger partial charge is 0.0235 e. The lowest BCUT2D eigenvalue weighted by atomic mass is 9.32. The molecule has 4 saturated carbocycles. The summed E-state index contributed by atoms with van der Waals surface area (Å²) >= 11 is 0. The summed E-state index contributed by atoms with van der Waals surface area (Å²) in [7, 11) is 0. The summed E-state index contributed by atoms with van der Waals surface area (Å²) in [6.45, 7) is 26.5. The van der Waals surface area contributed by atoms with Crippen LogP contribution >= 0.6 is 0 Å². The van der Waals surface area contributed by atoms with Gasteiger partial charge in [-0.25, -0.2) is 0 Å². The van der Waals surface area contributed by atoms with Crippen LogP contribution in [0, 0.1) is 57.2 Å². The second-order valence-corrected chi connectivity index (χ2v) is 14.4. The molecular weight excluding hydrogens is 432 g/mol. The molecular formula is C36H68. The monoisotopic (exact) mass is 501 g/mol. The van der Waals surface area contributed by atoms with E-state index < -0.39 is 0 Å². The number of hydrogen-bond acceptors (Lipinski definition) is 0. The van der Waals surface area contributed by atoms with Gasteiger partial charge in [0.1, 0.15) is 0 Å². The maximum atomic E-state index is 2.81. The maximum Gasteiger partial charge on any atom is -0.0235 e. The van der Waals surface area contributed by atoms with Crippen molar-refractivity contribution >= 4 is 0 Å². The molecule has 5 aliphatic rings. The largest absolute Gasteiger partial charge is 0.0850 e. The van der Waals surface area contributed by atoms with Crippen molar-refractivity contribution in [3.05, 3.63) is 11.6 Å². The fourth-order valence-corrected chi connectivity index (χ4v) is 11.3. The fraction of sp³-hybridized carbons (Fsp3) is 0.944. The SMILES string of the molecule is C.CC.CC.CCCC1CCC2(C)C(CCC3(C)C2CCC2C4CC(C)=CCC4(C)CC[C@]23C)C1C. The Balaban J connectivity index is 0.000000871. The molecule has 0 aromatic carbocycles. The van der Waals surface area contributed by atoms with Crippen LogP contribution in [0.1, 0.15) is 161 Å². The molecule has 0 nitrogen and oxygen atoms in total.